The van der Waals surface area contributed by atoms with Crippen LogP contribution in [0.5, 0.6) is 11.5 Å². The summed E-state index contributed by atoms with van der Waals surface area (Å²) in [5.74, 6) is -0.0705. The van der Waals surface area contributed by atoms with E-state index in [1.54, 1.807) is 12.1 Å². The second kappa shape index (κ2) is 6.33. The largest absolute Gasteiger partial charge is 0.503 e. The molecule has 0 radical (unpaired) electrons. The number of dihydropyridines is 1. The van der Waals surface area contributed by atoms with E-state index in [9.17, 15) is 15.2 Å². The summed E-state index contributed by atoms with van der Waals surface area (Å²) in [5.41, 5.74) is 3.58. The van der Waals surface area contributed by atoms with Crippen LogP contribution in [0.1, 0.15) is 37.7 Å². The number of nitriles is 1. The number of carbonyl (C=O) groups excluding carboxylic acids is 1. The number of phenols is 1. The zero-order valence-corrected chi connectivity index (χ0v) is 15.0. The fourth-order valence-electron chi connectivity index (χ4n) is 3.38. The second-order valence-electron chi connectivity index (χ2n) is 5.93. The maximum atomic E-state index is 12.6. The highest BCUT2D eigenvalue weighted by Crippen LogP contribution is 2.45. The molecule has 1 aromatic rings. The molecular formula is C18H17BrN2O3. The van der Waals surface area contributed by atoms with Crippen LogP contribution < -0.4 is 10.1 Å². The third-order valence-electron chi connectivity index (χ3n) is 4.50. The van der Waals surface area contributed by atoms with Crippen molar-refractivity contribution in [1.82, 2.24) is 5.32 Å². The average molecular weight is 389 g/mol. The van der Waals surface area contributed by atoms with Gasteiger partial charge in [-0.1, -0.05) is 0 Å². The van der Waals surface area contributed by atoms with Crippen molar-refractivity contribution in [2.45, 2.75) is 32.1 Å². The number of rotatable bonds is 2. The first-order chi connectivity index (χ1) is 11.5. The lowest BCUT2D eigenvalue weighted by atomic mass is 9.75. The molecule has 6 heteroatoms. The van der Waals surface area contributed by atoms with Crippen LogP contribution in [0.15, 0.2) is 39.1 Å². The Morgan fingerprint density at radius 1 is 1.42 bits per heavy atom. The van der Waals surface area contributed by atoms with E-state index >= 15 is 0 Å². The Balaban J connectivity index is 2.23. The van der Waals surface area contributed by atoms with Crippen LogP contribution in [0.2, 0.25) is 0 Å². The topological polar surface area (TPSA) is 82.3 Å². The van der Waals surface area contributed by atoms with Crippen molar-refractivity contribution in [3.8, 4) is 17.6 Å². The Hall–Kier alpha value is -2.26. The molecule has 0 unspecified atom stereocenters. The van der Waals surface area contributed by atoms with Crippen molar-refractivity contribution >= 4 is 21.7 Å². The third-order valence-corrected chi connectivity index (χ3v) is 5.10. The van der Waals surface area contributed by atoms with E-state index in [1.165, 1.54) is 7.11 Å². The predicted octanol–water partition coefficient (Wildman–Crippen LogP) is 3.65. The molecular weight excluding hydrogens is 372 g/mol. The summed E-state index contributed by atoms with van der Waals surface area (Å²) in [5, 5.41) is 22.9. The maximum Gasteiger partial charge on any atom is 0.172 e. The number of carbonyl (C=O) groups is 1. The van der Waals surface area contributed by atoms with Crippen LogP contribution in [0, 0.1) is 11.3 Å². The summed E-state index contributed by atoms with van der Waals surface area (Å²) >= 11 is 3.32. The Labute approximate surface area is 148 Å². The van der Waals surface area contributed by atoms with Crippen molar-refractivity contribution in [2.75, 3.05) is 7.11 Å². The zero-order chi connectivity index (χ0) is 17.4. The number of nitrogens with zero attached hydrogens (tertiary/aromatic N) is 1. The van der Waals surface area contributed by atoms with E-state index in [0.717, 1.165) is 29.8 Å². The highest BCUT2D eigenvalue weighted by Gasteiger charge is 2.36. The van der Waals surface area contributed by atoms with Crippen molar-refractivity contribution in [3.63, 3.8) is 0 Å². The average Bonchev–Trinajstić information content (AvgIpc) is 2.56. The van der Waals surface area contributed by atoms with Gasteiger partial charge in [0.15, 0.2) is 17.3 Å². The molecule has 3 rings (SSSR count). The first-order valence-corrected chi connectivity index (χ1v) is 8.47. The van der Waals surface area contributed by atoms with E-state index in [4.69, 9.17) is 4.74 Å². The molecule has 1 aliphatic carbocycles. The van der Waals surface area contributed by atoms with Gasteiger partial charge in [-0.25, -0.2) is 0 Å². The van der Waals surface area contributed by atoms with Crippen LogP contribution in [0.25, 0.3) is 0 Å². The van der Waals surface area contributed by atoms with Crippen LogP contribution in [0.3, 0.4) is 0 Å². The summed E-state index contributed by atoms with van der Waals surface area (Å²) in [6.07, 6.45) is 2.10. The molecule has 0 bridgehead atoms. The Kier molecular flexibility index (Phi) is 4.37. The molecule has 1 heterocycles. The van der Waals surface area contributed by atoms with Gasteiger partial charge in [-0.05, 0) is 53.4 Å². The number of nitrogens with one attached hydrogen (secondary N) is 1. The lowest BCUT2D eigenvalue weighted by Crippen LogP contribution is -2.31. The van der Waals surface area contributed by atoms with E-state index < -0.39 is 5.92 Å². The molecule has 1 aliphatic heterocycles. The van der Waals surface area contributed by atoms with Crippen LogP contribution in [-0.4, -0.2) is 18.0 Å². The quantitative estimate of drug-likeness (QED) is 0.807. The summed E-state index contributed by atoms with van der Waals surface area (Å²) in [7, 11) is 1.47. The van der Waals surface area contributed by atoms with Crippen LogP contribution >= 0.6 is 15.9 Å². The maximum absolute atomic E-state index is 12.6. The third kappa shape index (κ3) is 2.59. The van der Waals surface area contributed by atoms with Gasteiger partial charge in [-0.2, -0.15) is 5.26 Å². The highest BCUT2D eigenvalue weighted by molar-refractivity contribution is 9.10. The second-order valence-corrected chi connectivity index (χ2v) is 6.79. The van der Waals surface area contributed by atoms with Gasteiger partial charge in [0.05, 0.1) is 29.1 Å². The molecule has 124 valence electrons. The Morgan fingerprint density at radius 2 is 2.17 bits per heavy atom. The summed E-state index contributed by atoms with van der Waals surface area (Å²) < 4.78 is 5.69. The van der Waals surface area contributed by atoms with Crippen molar-refractivity contribution in [2.24, 2.45) is 0 Å². The number of aromatic hydroxyl groups is 1. The van der Waals surface area contributed by atoms with Crippen molar-refractivity contribution in [1.29, 1.82) is 5.26 Å². The predicted molar refractivity (Wildman–Crippen MR) is 92.4 cm³/mol. The molecule has 2 aliphatic rings. The van der Waals surface area contributed by atoms with E-state index in [1.807, 2.05) is 6.92 Å². The number of ketones is 1. The van der Waals surface area contributed by atoms with E-state index in [-0.39, 0.29) is 11.5 Å². The zero-order valence-electron chi connectivity index (χ0n) is 13.4. The number of phenolic OH excluding ortho intramolecular Hbond substituents is 1. The van der Waals surface area contributed by atoms with Gasteiger partial charge in [0.2, 0.25) is 0 Å². The first-order valence-electron chi connectivity index (χ1n) is 7.68. The minimum atomic E-state index is -0.440. The number of halogens is 1. The molecule has 2 N–H and O–H groups in total. The lowest BCUT2D eigenvalue weighted by Gasteiger charge is -2.33. The van der Waals surface area contributed by atoms with Crippen molar-refractivity contribution < 1.29 is 14.6 Å². The number of benzene rings is 1. The van der Waals surface area contributed by atoms with Crippen LogP contribution in [-0.2, 0) is 4.79 Å². The normalized spacial score (nSPS) is 20.4. The highest BCUT2D eigenvalue weighted by atomic mass is 79.9. The molecule has 0 saturated heterocycles. The number of hydrogen-bond donors (Lipinski definition) is 2. The van der Waals surface area contributed by atoms with Crippen LogP contribution in [0.4, 0.5) is 0 Å². The monoisotopic (exact) mass is 388 g/mol. The van der Waals surface area contributed by atoms with Gasteiger partial charge in [0, 0.05) is 23.4 Å². The minimum absolute atomic E-state index is 0.00133. The smallest absolute Gasteiger partial charge is 0.172 e. The minimum Gasteiger partial charge on any atom is -0.503 e. The molecule has 24 heavy (non-hydrogen) atoms. The first kappa shape index (κ1) is 16.6. The molecule has 0 fully saturated rings. The molecule has 5 nitrogen and oxygen atoms in total. The van der Waals surface area contributed by atoms with E-state index in [2.05, 4.69) is 27.3 Å². The number of hydrogen-bond acceptors (Lipinski definition) is 5. The summed E-state index contributed by atoms with van der Waals surface area (Å²) in [6.45, 7) is 1.85. The van der Waals surface area contributed by atoms with E-state index in [0.29, 0.717) is 27.8 Å². The molecule has 0 amide bonds. The van der Waals surface area contributed by atoms with Gasteiger partial charge in [-0.15, -0.1) is 0 Å². The number of Topliss-reactive ketones (excluding diaryl/α,β-unsaturated/α-hetero) is 1. The fourth-order valence-corrected chi connectivity index (χ4v) is 3.84. The van der Waals surface area contributed by atoms with Crippen molar-refractivity contribution in [3.05, 3.63) is 44.7 Å². The lowest BCUT2D eigenvalue weighted by molar-refractivity contribution is -0.116. The summed E-state index contributed by atoms with van der Waals surface area (Å²) in [4.78, 5) is 12.6. The SMILES string of the molecule is COc1cc([C@@H]2C(C#N)=C(C)NC3=C2C(=O)CCC3)cc(Br)c1O. The molecule has 1 atom stereocenters. The summed E-state index contributed by atoms with van der Waals surface area (Å²) in [6, 6.07) is 5.67. The van der Waals surface area contributed by atoms with Gasteiger partial charge in [0.25, 0.3) is 0 Å². The Morgan fingerprint density at radius 3 is 2.83 bits per heavy atom. The van der Waals surface area contributed by atoms with Gasteiger partial charge >= 0.3 is 0 Å². The van der Waals surface area contributed by atoms with Gasteiger partial charge in [0.1, 0.15) is 0 Å². The fraction of sp³-hybridized carbons (Fsp3) is 0.333. The number of ether oxygens (including phenoxy) is 1. The van der Waals surface area contributed by atoms with Gasteiger partial charge < -0.3 is 15.2 Å². The Bertz CT molecular complexity index is 833. The molecule has 0 saturated carbocycles. The number of methoxy groups -OCH3 is 1. The molecule has 0 aromatic heterocycles. The van der Waals surface area contributed by atoms with Gasteiger partial charge in [-0.3, -0.25) is 4.79 Å². The molecule has 1 aromatic carbocycles. The molecule has 0 spiro atoms. The standard InChI is InChI=1S/C18H17BrN2O3/c1-9-11(8-20)16(17-13(21-9)4-3-5-14(17)22)10-6-12(19)18(23)15(7-10)24-2/h6-7,16,21,23H,3-5H2,1-2H3/t16-/m1/s1. The number of allylic oxidation sites excluding steroid dienone is 4.